The minimum atomic E-state index is -1.34. The second-order valence-electron chi connectivity index (χ2n) is 7.67. The highest BCUT2D eigenvalue weighted by molar-refractivity contribution is 5.84. The van der Waals surface area contributed by atoms with Crippen molar-refractivity contribution in [3.05, 3.63) is 48.5 Å². The first-order valence-electron chi connectivity index (χ1n) is 10.3. The van der Waals surface area contributed by atoms with Crippen molar-refractivity contribution in [1.82, 2.24) is 24.8 Å². The summed E-state index contributed by atoms with van der Waals surface area (Å²) in [5.41, 5.74) is 7.28. The van der Waals surface area contributed by atoms with Crippen LogP contribution in [0.2, 0.25) is 0 Å². The van der Waals surface area contributed by atoms with E-state index in [0.29, 0.717) is 11.2 Å². The van der Waals surface area contributed by atoms with Crippen molar-refractivity contribution in [2.24, 2.45) is 0 Å². The normalized spacial score (nSPS) is 23.4. The van der Waals surface area contributed by atoms with Crippen molar-refractivity contribution in [1.29, 1.82) is 0 Å². The fourth-order valence-corrected chi connectivity index (χ4v) is 3.78. The topological polar surface area (TPSA) is 175 Å². The molecule has 0 saturated carbocycles. The Labute approximate surface area is 188 Å². The summed E-state index contributed by atoms with van der Waals surface area (Å²) in [7, 11) is 0. The number of hydrogen-bond acceptors (Lipinski definition) is 10. The van der Waals surface area contributed by atoms with Gasteiger partial charge >= 0.3 is 5.97 Å². The first kappa shape index (κ1) is 22.6. The van der Waals surface area contributed by atoms with Gasteiger partial charge in [0.25, 0.3) is 0 Å². The molecule has 12 nitrogen and oxygen atoms in total. The Morgan fingerprint density at radius 2 is 2.03 bits per heavy atom. The van der Waals surface area contributed by atoms with Gasteiger partial charge in [-0.2, -0.15) is 0 Å². The van der Waals surface area contributed by atoms with Crippen LogP contribution in [0.3, 0.4) is 0 Å². The van der Waals surface area contributed by atoms with Gasteiger partial charge in [0.1, 0.15) is 30.1 Å². The van der Waals surface area contributed by atoms with Crippen LogP contribution in [0.1, 0.15) is 18.7 Å². The maximum absolute atomic E-state index is 13.1. The number of carbonyl (C=O) groups is 2. The minimum absolute atomic E-state index is 0.151. The largest absolute Gasteiger partial charge is 0.453 e. The average Bonchev–Trinajstić information content (AvgIpc) is 3.36. The summed E-state index contributed by atoms with van der Waals surface area (Å²) in [5.74, 6) is -1.02. The zero-order valence-electron chi connectivity index (χ0n) is 17.7. The number of nitrogen functional groups attached to an aromatic ring is 1. The monoisotopic (exact) mass is 456 g/mol. The lowest BCUT2D eigenvalue weighted by Crippen LogP contribution is -2.46. The van der Waals surface area contributed by atoms with Crippen LogP contribution in [-0.2, 0) is 25.5 Å². The number of hydrogen-bond donors (Lipinski definition) is 4. The van der Waals surface area contributed by atoms with E-state index in [-0.39, 0.29) is 12.2 Å². The number of aliphatic hydroxyl groups excluding tert-OH is 2. The lowest BCUT2D eigenvalue weighted by atomic mass is 10.1. The molecule has 1 saturated heterocycles. The fourth-order valence-electron chi connectivity index (χ4n) is 3.78. The first-order valence-corrected chi connectivity index (χ1v) is 10.3. The third-order valence-electron chi connectivity index (χ3n) is 5.35. The number of carbonyl (C=O) groups excluding carboxylic acids is 2. The molecule has 2 aromatic heterocycles. The van der Waals surface area contributed by atoms with E-state index in [9.17, 15) is 19.8 Å². The maximum atomic E-state index is 13.1. The molecule has 3 aromatic rings. The molecular weight excluding hydrogens is 432 g/mol. The van der Waals surface area contributed by atoms with Crippen LogP contribution in [0.4, 0.5) is 5.82 Å². The lowest BCUT2D eigenvalue weighted by Gasteiger charge is -2.25. The molecule has 33 heavy (non-hydrogen) atoms. The third kappa shape index (κ3) is 4.62. The number of fused-ring (bicyclic) bond motifs is 1. The van der Waals surface area contributed by atoms with Gasteiger partial charge < -0.3 is 30.7 Å². The highest BCUT2D eigenvalue weighted by atomic mass is 16.6. The van der Waals surface area contributed by atoms with E-state index >= 15 is 0 Å². The molecule has 0 bridgehead atoms. The van der Waals surface area contributed by atoms with E-state index in [4.69, 9.17) is 15.2 Å². The fraction of sp³-hybridized carbons (Fsp3) is 0.381. The Hall–Kier alpha value is -3.61. The summed E-state index contributed by atoms with van der Waals surface area (Å²) >= 11 is 0. The number of aromatic nitrogens is 4. The third-order valence-corrected chi connectivity index (χ3v) is 5.35. The van der Waals surface area contributed by atoms with Gasteiger partial charge in [-0.1, -0.05) is 30.3 Å². The predicted molar refractivity (Wildman–Crippen MR) is 114 cm³/mol. The van der Waals surface area contributed by atoms with E-state index < -0.39 is 49.1 Å². The molecule has 1 fully saturated rings. The number of nitrogens with two attached hydrogens (primary N) is 1. The number of esters is 1. The molecule has 3 heterocycles. The van der Waals surface area contributed by atoms with Crippen LogP contribution in [0, 0.1) is 0 Å². The second kappa shape index (κ2) is 9.48. The van der Waals surface area contributed by atoms with Crippen molar-refractivity contribution in [2.75, 3.05) is 12.3 Å². The van der Waals surface area contributed by atoms with Gasteiger partial charge in [0, 0.05) is 13.3 Å². The molecule has 0 unspecified atom stereocenters. The van der Waals surface area contributed by atoms with E-state index in [1.54, 1.807) is 0 Å². The van der Waals surface area contributed by atoms with Gasteiger partial charge in [-0.3, -0.25) is 9.36 Å². The molecule has 1 amide bonds. The van der Waals surface area contributed by atoms with E-state index in [1.165, 1.54) is 24.1 Å². The Morgan fingerprint density at radius 1 is 1.27 bits per heavy atom. The van der Waals surface area contributed by atoms with Gasteiger partial charge in [-0.05, 0) is 5.56 Å². The van der Waals surface area contributed by atoms with Gasteiger partial charge in [-0.15, -0.1) is 0 Å². The predicted octanol–water partition coefficient (Wildman–Crippen LogP) is -0.682. The van der Waals surface area contributed by atoms with Gasteiger partial charge in [-0.25, -0.2) is 19.7 Å². The minimum Gasteiger partial charge on any atom is -0.453 e. The Morgan fingerprint density at radius 3 is 2.73 bits per heavy atom. The van der Waals surface area contributed by atoms with Gasteiger partial charge in [0.05, 0.1) is 12.9 Å². The standard InChI is InChI=1S/C21H24N6O6/c1-11(29)26-13(7-12-5-3-2-4-6-12)21(31)33-17-16(30)14(8-28)32-20(17)27-10-25-15-18(22)23-9-24-19(15)27/h2-6,9-10,13-14,16-17,20,28,30H,7-8H2,1H3,(H,26,29)(H2,22,23,24)/t13-,14+,16-,17+,20+/m0/s1. The quantitative estimate of drug-likeness (QED) is 0.333. The number of rotatable bonds is 7. The lowest BCUT2D eigenvalue weighted by molar-refractivity contribution is -0.161. The number of nitrogens with zero attached hydrogens (tertiary/aromatic N) is 4. The molecule has 0 radical (unpaired) electrons. The number of imidazole rings is 1. The van der Waals surface area contributed by atoms with E-state index in [1.807, 2.05) is 30.3 Å². The van der Waals surface area contributed by atoms with E-state index in [0.717, 1.165) is 5.56 Å². The highest BCUT2D eigenvalue weighted by Crippen LogP contribution is 2.34. The summed E-state index contributed by atoms with van der Waals surface area (Å²) in [6.45, 7) is 0.791. The van der Waals surface area contributed by atoms with Crippen molar-refractivity contribution in [3.8, 4) is 0 Å². The van der Waals surface area contributed by atoms with Crippen LogP contribution in [-0.4, -0.2) is 72.6 Å². The Kier molecular flexibility index (Phi) is 6.49. The zero-order chi connectivity index (χ0) is 23.5. The summed E-state index contributed by atoms with van der Waals surface area (Å²) in [6, 6.07) is 8.12. The number of aliphatic hydroxyl groups is 2. The van der Waals surface area contributed by atoms with Gasteiger partial charge in [0.2, 0.25) is 5.91 Å². The first-order chi connectivity index (χ1) is 15.9. The molecule has 12 heteroatoms. The molecule has 0 spiro atoms. The van der Waals surface area contributed by atoms with Crippen molar-refractivity contribution < 1.29 is 29.3 Å². The van der Waals surface area contributed by atoms with Crippen LogP contribution in [0.5, 0.6) is 0 Å². The molecule has 1 aliphatic rings. The molecule has 1 aromatic carbocycles. The summed E-state index contributed by atoms with van der Waals surface area (Å²) in [5, 5.41) is 22.9. The molecular formula is C21H24N6O6. The highest BCUT2D eigenvalue weighted by Gasteiger charge is 2.48. The smallest absolute Gasteiger partial charge is 0.329 e. The van der Waals surface area contributed by atoms with Crippen LogP contribution in [0.15, 0.2) is 43.0 Å². The molecule has 0 aliphatic carbocycles. The number of ether oxygens (including phenoxy) is 2. The summed E-state index contributed by atoms with van der Waals surface area (Å²) in [6.07, 6.45) is -1.80. The number of anilines is 1. The Bertz CT molecular complexity index is 1140. The molecule has 1 aliphatic heterocycles. The van der Waals surface area contributed by atoms with E-state index in [2.05, 4.69) is 20.3 Å². The number of amides is 1. The van der Waals surface area contributed by atoms with Crippen LogP contribution in [0.25, 0.3) is 11.2 Å². The number of benzene rings is 1. The summed E-state index contributed by atoms with van der Waals surface area (Å²) < 4.78 is 12.9. The van der Waals surface area contributed by atoms with Crippen molar-refractivity contribution in [2.45, 2.75) is 43.9 Å². The maximum Gasteiger partial charge on any atom is 0.329 e. The van der Waals surface area contributed by atoms with Gasteiger partial charge in [0.15, 0.2) is 23.8 Å². The van der Waals surface area contributed by atoms with Crippen LogP contribution >= 0.6 is 0 Å². The number of nitrogens with one attached hydrogen (secondary N) is 1. The average molecular weight is 456 g/mol. The van der Waals surface area contributed by atoms with Crippen molar-refractivity contribution >= 4 is 28.9 Å². The van der Waals surface area contributed by atoms with Crippen LogP contribution < -0.4 is 11.1 Å². The molecule has 174 valence electrons. The Balaban J connectivity index is 1.61. The van der Waals surface area contributed by atoms with Crippen molar-refractivity contribution in [3.63, 3.8) is 0 Å². The zero-order valence-corrected chi connectivity index (χ0v) is 17.7. The summed E-state index contributed by atoms with van der Waals surface area (Å²) in [4.78, 5) is 37.0. The molecule has 5 atom stereocenters. The second-order valence-corrected chi connectivity index (χ2v) is 7.67. The molecule has 5 N–H and O–H groups in total. The molecule has 4 rings (SSSR count). The SMILES string of the molecule is CC(=O)N[C@@H](Cc1ccccc1)C(=O)O[C@@H]1[C@@H](O)[C@@H](CO)O[C@H]1n1cnc2c(N)ncnc21.